The quantitative estimate of drug-likeness (QED) is 0.572. The van der Waals surface area contributed by atoms with E-state index in [0.717, 1.165) is 0 Å². The first kappa shape index (κ1) is 18.2. The number of carbonyl (C=O) groups excluding carboxylic acids is 2. The third-order valence-electron chi connectivity index (χ3n) is 2.51. The van der Waals surface area contributed by atoms with Crippen LogP contribution in [0.2, 0.25) is 0 Å². The van der Waals surface area contributed by atoms with Gasteiger partial charge in [0.1, 0.15) is 6.04 Å². The Bertz CT molecular complexity index is 361. The summed E-state index contributed by atoms with van der Waals surface area (Å²) in [6.45, 7) is 9.39. The number of urea groups is 1. The smallest absolute Gasteiger partial charge is 0.326 e. The SMILES string of the molecule is CC(C)CNC(=O)CNC(=O)N[C@@H](C(=O)O)C(C)(C)C. The normalized spacial score (nSPS) is 12.7. The fraction of sp³-hybridized carbons (Fsp3) is 0.769. The summed E-state index contributed by atoms with van der Waals surface area (Å²) in [5.74, 6) is -1.10. The van der Waals surface area contributed by atoms with E-state index in [4.69, 9.17) is 5.11 Å². The summed E-state index contributed by atoms with van der Waals surface area (Å²) in [4.78, 5) is 34.1. The molecule has 7 heteroatoms. The first-order valence-corrected chi connectivity index (χ1v) is 6.58. The summed E-state index contributed by atoms with van der Waals surface area (Å²) in [5.41, 5.74) is -0.622. The minimum absolute atomic E-state index is 0.185. The highest BCUT2D eigenvalue weighted by Gasteiger charge is 2.32. The fourth-order valence-corrected chi connectivity index (χ4v) is 1.37. The molecule has 4 N–H and O–H groups in total. The lowest BCUT2D eigenvalue weighted by atomic mass is 9.87. The summed E-state index contributed by atoms with van der Waals surface area (Å²) < 4.78 is 0. The van der Waals surface area contributed by atoms with Crippen LogP contribution in [0.5, 0.6) is 0 Å². The van der Waals surface area contributed by atoms with Gasteiger partial charge in [-0.05, 0) is 11.3 Å². The first-order chi connectivity index (χ1) is 9.04. The van der Waals surface area contributed by atoms with Gasteiger partial charge in [-0.1, -0.05) is 34.6 Å². The first-order valence-electron chi connectivity index (χ1n) is 6.58. The van der Waals surface area contributed by atoms with Crippen LogP contribution in [0, 0.1) is 11.3 Å². The molecular formula is C13H25N3O4. The second-order valence-corrected chi connectivity index (χ2v) is 6.16. The number of carboxylic acid groups (broad SMARTS) is 1. The molecule has 0 spiro atoms. The van der Waals surface area contributed by atoms with Crippen molar-refractivity contribution in [3.63, 3.8) is 0 Å². The van der Waals surface area contributed by atoms with Crippen LogP contribution in [0.15, 0.2) is 0 Å². The largest absolute Gasteiger partial charge is 0.480 e. The van der Waals surface area contributed by atoms with E-state index in [2.05, 4.69) is 16.0 Å². The molecule has 3 amide bonds. The summed E-state index contributed by atoms with van der Waals surface area (Å²) in [7, 11) is 0. The summed E-state index contributed by atoms with van der Waals surface area (Å²) in [6.07, 6.45) is 0. The molecule has 0 aliphatic carbocycles. The van der Waals surface area contributed by atoms with Crippen molar-refractivity contribution in [1.82, 2.24) is 16.0 Å². The molecule has 0 radical (unpaired) electrons. The van der Waals surface area contributed by atoms with Crippen LogP contribution in [0.4, 0.5) is 4.79 Å². The monoisotopic (exact) mass is 287 g/mol. The van der Waals surface area contributed by atoms with Crippen LogP contribution in [0.3, 0.4) is 0 Å². The van der Waals surface area contributed by atoms with Crippen molar-refractivity contribution in [3.8, 4) is 0 Å². The van der Waals surface area contributed by atoms with E-state index in [1.165, 1.54) is 0 Å². The highest BCUT2D eigenvalue weighted by molar-refractivity contribution is 5.86. The van der Waals surface area contributed by atoms with E-state index in [9.17, 15) is 14.4 Å². The maximum atomic E-state index is 11.6. The number of hydrogen-bond donors (Lipinski definition) is 4. The van der Waals surface area contributed by atoms with Gasteiger partial charge in [0, 0.05) is 6.54 Å². The van der Waals surface area contributed by atoms with Crippen molar-refractivity contribution in [2.24, 2.45) is 11.3 Å². The Morgan fingerprint density at radius 3 is 2.05 bits per heavy atom. The van der Waals surface area contributed by atoms with Gasteiger partial charge in [-0.15, -0.1) is 0 Å². The summed E-state index contributed by atoms with van der Waals surface area (Å²) >= 11 is 0. The molecule has 7 nitrogen and oxygen atoms in total. The highest BCUT2D eigenvalue weighted by atomic mass is 16.4. The average Bonchev–Trinajstić information content (AvgIpc) is 2.28. The molecule has 0 unspecified atom stereocenters. The number of aliphatic carboxylic acids is 1. The molecular weight excluding hydrogens is 262 g/mol. The Kier molecular flexibility index (Phi) is 7.02. The number of carbonyl (C=O) groups is 3. The molecule has 20 heavy (non-hydrogen) atoms. The Hall–Kier alpha value is -1.79. The third kappa shape index (κ3) is 7.60. The molecule has 116 valence electrons. The topological polar surface area (TPSA) is 108 Å². The second kappa shape index (κ2) is 7.72. The van der Waals surface area contributed by atoms with Gasteiger partial charge in [0.25, 0.3) is 0 Å². The van der Waals surface area contributed by atoms with E-state index >= 15 is 0 Å². The Balaban J connectivity index is 4.22. The standard InChI is InChI=1S/C13H25N3O4/c1-8(2)6-14-9(17)7-15-12(20)16-10(11(18)19)13(3,4)5/h8,10H,6-7H2,1-5H3,(H,14,17)(H,18,19)(H2,15,16,20)/t10-/m0/s1. The van der Waals surface area contributed by atoms with Gasteiger partial charge in [0.2, 0.25) is 5.91 Å². The predicted octanol–water partition coefficient (Wildman–Crippen LogP) is 0.557. The number of carboxylic acids is 1. The van der Waals surface area contributed by atoms with Gasteiger partial charge in [-0.2, -0.15) is 0 Å². The van der Waals surface area contributed by atoms with Crippen LogP contribution in [-0.2, 0) is 9.59 Å². The maximum absolute atomic E-state index is 11.6. The number of rotatable bonds is 6. The molecule has 1 atom stereocenters. The second-order valence-electron chi connectivity index (χ2n) is 6.16. The molecule has 0 bridgehead atoms. The maximum Gasteiger partial charge on any atom is 0.326 e. The third-order valence-corrected chi connectivity index (χ3v) is 2.51. The number of hydrogen-bond acceptors (Lipinski definition) is 3. The molecule has 0 aromatic carbocycles. The summed E-state index contributed by atoms with van der Waals surface area (Å²) in [6, 6.07) is -1.70. The molecule has 0 rings (SSSR count). The van der Waals surface area contributed by atoms with Gasteiger partial charge in [0.15, 0.2) is 0 Å². The van der Waals surface area contributed by atoms with Crippen molar-refractivity contribution in [2.45, 2.75) is 40.7 Å². The van der Waals surface area contributed by atoms with Gasteiger partial charge in [-0.3, -0.25) is 4.79 Å². The minimum Gasteiger partial charge on any atom is -0.480 e. The van der Waals surface area contributed by atoms with E-state index in [1.807, 2.05) is 13.8 Å². The lowest BCUT2D eigenvalue weighted by Gasteiger charge is -2.27. The van der Waals surface area contributed by atoms with Gasteiger partial charge >= 0.3 is 12.0 Å². The van der Waals surface area contributed by atoms with Crippen LogP contribution in [-0.4, -0.2) is 42.1 Å². The minimum atomic E-state index is -1.11. The highest BCUT2D eigenvalue weighted by Crippen LogP contribution is 2.19. The Morgan fingerprint density at radius 1 is 1.10 bits per heavy atom. The number of amides is 3. The van der Waals surface area contributed by atoms with Crippen molar-refractivity contribution in [3.05, 3.63) is 0 Å². The molecule has 0 aromatic rings. The van der Waals surface area contributed by atoms with Crippen LogP contribution in [0.25, 0.3) is 0 Å². The zero-order valence-electron chi connectivity index (χ0n) is 12.7. The van der Waals surface area contributed by atoms with E-state index in [-0.39, 0.29) is 12.5 Å². The van der Waals surface area contributed by atoms with Gasteiger partial charge < -0.3 is 21.1 Å². The van der Waals surface area contributed by atoms with Gasteiger partial charge in [-0.25, -0.2) is 9.59 Å². The lowest BCUT2D eigenvalue weighted by Crippen LogP contribution is -2.53. The van der Waals surface area contributed by atoms with Crippen molar-refractivity contribution < 1.29 is 19.5 Å². The summed E-state index contributed by atoms with van der Waals surface area (Å²) in [5, 5.41) is 16.4. The van der Waals surface area contributed by atoms with Crippen molar-refractivity contribution >= 4 is 17.9 Å². The fourth-order valence-electron chi connectivity index (χ4n) is 1.37. The lowest BCUT2D eigenvalue weighted by molar-refractivity contribution is -0.141. The molecule has 0 saturated carbocycles. The molecule has 0 aromatic heterocycles. The van der Waals surface area contributed by atoms with Gasteiger partial charge in [0.05, 0.1) is 6.54 Å². The average molecular weight is 287 g/mol. The van der Waals surface area contributed by atoms with E-state index in [0.29, 0.717) is 12.5 Å². The molecule has 0 aliphatic heterocycles. The predicted molar refractivity (Wildman–Crippen MR) is 75.3 cm³/mol. The zero-order chi connectivity index (χ0) is 15.9. The number of nitrogens with one attached hydrogen (secondary N) is 3. The zero-order valence-corrected chi connectivity index (χ0v) is 12.7. The van der Waals surface area contributed by atoms with Crippen molar-refractivity contribution in [1.29, 1.82) is 0 Å². The molecule has 0 heterocycles. The Morgan fingerprint density at radius 2 is 1.65 bits per heavy atom. The van der Waals surface area contributed by atoms with E-state index in [1.54, 1.807) is 20.8 Å². The van der Waals surface area contributed by atoms with Crippen LogP contribution < -0.4 is 16.0 Å². The molecule has 0 fully saturated rings. The Labute approximate surface area is 119 Å². The molecule has 0 saturated heterocycles. The van der Waals surface area contributed by atoms with Crippen LogP contribution >= 0.6 is 0 Å². The van der Waals surface area contributed by atoms with Crippen LogP contribution in [0.1, 0.15) is 34.6 Å². The van der Waals surface area contributed by atoms with Crippen molar-refractivity contribution in [2.75, 3.05) is 13.1 Å². The molecule has 0 aliphatic rings. The van der Waals surface area contributed by atoms with E-state index < -0.39 is 23.5 Å².